The molecule has 2 heterocycles. The van der Waals surface area contributed by atoms with Crippen LogP contribution in [0.4, 0.5) is 0 Å². The van der Waals surface area contributed by atoms with E-state index in [9.17, 15) is 4.79 Å². The standard InChI is InChI=1S/C10H17NO2/c1-8(12)11-5-4-10-9(7-11)3-2-6-13-10/h9-10H,2-7H2,1H3. The van der Waals surface area contributed by atoms with Crippen molar-refractivity contribution in [1.29, 1.82) is 0 Å². The maximum absolute atomic E-state index is 11.2. The molecule has 0 radical (unpaired) electrons. The summed E-state index contributed by atoms with van der Waals surface area (Å²) in [6, 6.07) is 0. The van der Waals surface area contributed by atoms with Crippen molar-refractivity contribution < 1.29 is 9.53 Å². The van der Waals surface area contributed by atoms with Crippen LogP contribution >= 0.6 is 0 Å². The fourth-order valence-corrected chi connectivity index (χ4v) is 2.37. The van der Waals surface area contributed by atoms with Gasteiger partial charge >= 0.3 is 0 Å². The fraction of sp³-hybridized carbons (Fsp3) is 0.900. The molecule has 0 saturated carbocycles. The maximum atomic E-state index is 11.2. The number of rotatable bonds is 0. The molecule has 2 unspecified atom stereocenters. The Balaban J connectivity index is 1.95. The van der Waals surface area contributed by atoms with Crippen molar-refractivity contribution in [2.45, 2.75) is 32.3 Å². The van der Waals surface area contributed by atoms with E-state index >= 15 is 0 Å². The van der Waals surface area contributed by atoms with Crippen LogP contribution < -0.4 is 0 Å². The van der Waals surface area contributed by atoms with Gasteiger partial charge in [0, 0.05) is 32.5 Å². The van der Waals surface area contributed by atoms with E-state index in [0.717, 1.165) is 32.5 Å². The van der Waals surface area contributed by atoms with Gasteiger partial charge in [-0.3, -0.25) is 4.79 Å². The molecule has 2 aliphatic heterocycles. The molecule has 0 aliphatic carbocycles. The summed E-state index contributed by atoms with van der Waals surface area (Å²) in [7, 11) is 0. The van der Waals surface area contributed by atoms with Crippen LogP contribution in [0.5, 0.6) is 0 Å². The van der Waals surface area contributed by atoms with Gasteiger partial charge in [-0.25, -0.2) is 0 Å². The molecule has 0 aromatic rings. The van der Waals surface area contributed by atoms with E-state index in [2.05, 4.69) is 0 Å². The van der Waals surface area contributed by atoms with Crippen LogP contribution in [0.15, 0.2) is 0 Å². The van der Waals surface area contributed by atoms with Crippen molar-refractivity contribution in [3.8, 4) is 0 Å². The first-order valence-corrected chi connectivity index (χ1v) is 5.14. The molecule has 1 amide bonds. The van der Waals surface area contributed by atoms with Crippen molar-refractivity contribution in [1.82, 2.24) is 4.90 Å². The summed E-state index contributed by atoms with van der Waals surface area (Å²) in [5, 5.41) is 0. The number of hydrogen-bond donors (Lipinski definition) is 0. The average Bonchev–Trinajstić information content (AvgIpc) is 2.17. The normalized spacial score (nSPS) is 34.1. The van der Waals surface area contributed by atoms with Crippen molar-refractivity contribution in [2.24, 2.45) is 5.92 Å². The molecule has 0 aromatic heterocycles. The second-order valence-electron chi connectivity index (χ2n) is 4.07. The zero-order chi connectivity index (χ0) is 9.26. The van der Waals surface area contributed by atoms with Crippen molar-refractivity contribution in [3.05, 3.63) is 0 Å². The Hall–Kier alpha value is -0.570. The maximum Gasteiger partial charge on any atom is 0.219 e. The lowest BCUT2D eigenvalue weighted by atomic mass is 9.88. The summed E-state index contributed by atoms with van der Waals surface area (Å²) in [6.07, 6.45) is 3.86. The van der Waals surface area contributed by atoms with Gasteiger partial charge in [-0.15, -0.1) is 0 Å². The Labute approximate surface area is 79.0 Å². The summed E-state index contributed by atoms with van der Waals surface area (Å²) in [4.78, 5) is 13.1. The van der Waals surface area contributed by atoms with Crippen LogP contribution in [-0.4, -0.2) is 36.6 Å². The Morgan fingerprint density at radius 2 is 2.31 bits per heavy atom. The minimum absolute atomic E-state index is 0.212. The first kappa shape index (κ1) is 9.00. The number of carbonyl (C=O) groups is 1. The second kappa shape index (κ2) is 3.66. The highest BCUT2D eigenvalue weighted by Gasteiger charge is 2.32. The Morgan fingerprint density at radius 1 is 1.46 bits per heavy atom. The molecule has 13 heavy (non-hydrogen) atoms. The zero-order valence-electron chi connectivity index (χ0n) is 8.16. The minimum atomic E-state index is 0.212. The highest BCUT2D eigenvalue weighted by atomic mass is 16.5. The number of carbonyl (C=O) groups excluding carboxylic acids is 1. The van der Waals surface area contributed by atoms with Crippen LogP contribution in [0.3, 0.4) is 0 Å². The predicted molar refractivity (Wildman–Crippen MR) is 49.3 cm³/mol. The topological polar surface area (TPSA) is 29.5 Å². The van der Waals surface area contributed by atoms with E-state index < -0.39 is 0 Å². The van der Waals surface area contributed by atoms with E-state index in [1.807, 2.05) is 4.90 Å². The van der Waals surface area contributed by atoms with E-state index in [0.29, 0.717) is 12.0 Å². The Morgan fingerprint density at radius 3 is 3.08 bits per heavy atom. The average molecular weight is 183 g/mol. The molecule has 2 rings (SSSR count). The molecule has 74 valence electrons. The first-order valence-electron chi connectivity index (χ1n) is 5.14. The van der Waals surface area contributed by atoms with Gasteiger partial charge in [0.1, 0.15) is 0 Å². The molecule has 3 heteroatoms. The molecule has 0 N–H and O–H groups in total. The van der Waals surface area contributed by atoms with Gasteiger partial charge in [0.05, 0.1) is 6.10 Å². The third-order valence-corrected chi connectivity index (χ3v) is 3.16. The predicted octanol–water partition coefficient (Wildman–Crippen LogP) is 1.03. The highest BCUT2D eigenvalue weighted by molar-refractivity contribution is 5.73. The van der Waals surface area contributed by atoms with Gasteiger partial charge in [-0.05, 0) is 19.3 Å². The molecule has 3 nitrogen and oxygen atoms in total. The smallest absolute Gasteiger partial charge is 0.219 e. The van der Waals surface area contributed by atoms with Crippen LogP contribution in [0.25, 0.3) is 0 Å². The molecule has 0 bridgehead atoms. The van der Waals surface area contributed by atoms with Crippen LogP contribution in [0.1, 0.15) is 26.2 Å². The van der Waals surface area contributed by atoms with Crippen LogP contribution in [-0.2, 0) is 9.53 Å². The molecule has 2 aliphatic rings. The van der Waals surface area contributed by atoms with Gasteiger partial charge in [0.15, 0.2) is 0 Å². The molecule has 0 spiro atoms. The zero-order valence-corrected chi connectivity index (χ0v) is 8.16. The van der Waals surface area contributed by atoms with Crippen molar-refractivity contribution in [2.75, 3.05) is 19.7 Å². The van der Waals surface area contributed by atoms with Crippen molar-refractivity contribution in [3.63, 3.8) is 0 Å². The molecule has 2 fully saturated rings. The number of hydrogen-bond acceptors (Lipinski definition) is 2. The van der Waals surface area contributed by atoms with E-state index in [-0.39, 0.29) is 5.91 Å². The third kappa shape index (κ3) is 1.85. The molecule has 2 atom stereocenters. The highest BCUT2D eigenvalue weighted by Crippen LogP contribution is 2.28. The van der Waals surface area contributed by atoms with E-state index in [1.54, 1.807) is 6.92 Å². The van der Waals surface area contributed by atoms with Gasteiger partial charge in [-0.1, -0.05) is 0 Å². The van der Waals surface area contributed by atoms with Gasteiger partial charge in [0.2, 0.25) is 5.91 Å². The second-order valence-corrected chi connectivity index (χ2v) is 4.07. The number of nitrogens with zero attached hydrogens (tertiary/aromatic N) is 1. The SMILES string of the molecule is CC(=O)N1CCC2OCCCC2C1. The minimum Gasteiger partial charge on any atom is -0.378 e. The molecule has 2 saturated heterocycles. The lowest BCUT2D eigenvalue weighted by Crippen LogP contribution is -2.47. The lowest BCUT2D eigenvalue weighted by Gasteiger charge is -2.40. The molecular weight excluding hydrogens is 166 g/mol. The van der Waals surface area contributed by atoms with Crippen LogP contribution in [0.2, 0.25) is 0 Å². The molecular formula is C10H17NO2. The summed E-state index contributed by atoms with van der Waals surface area (Å²) in [5.74, 6) is 0.815. The van der Waals surface area contributed by atoms with Crippen molar-refractivity contribution >= 4 is 5.91 Å². The Bertz CT molecular complexity index is 205. The summed E-state index contributed by atoms with van der Waals surface area (Å²) < 4.78 is 5.67. The number of amides is 1. The number of piperidine rings is 1. The van der Waals surface area contributed by atoms with E-state index in [4.69, 9.17) is 4.74 Å². The summed E-state index contributed by atoms with van der Waals surface area (Å²) in [6.45, 7) is 4.38. The quantitative estimate of drug-likeness (QED) is 0.561. The number of ether oxygens (including phenoxy) is 1. The largest absolute Gasteiger partial charge is 0.378 e. The third-order valence-electron chi connectivity index (χ3n) is 3.16. The van der Waals surface area contributed by atoms with Gasteiger partial charge < -0.3 is 9.64 Å². The summed E-state index contributed by atoms with van der Waals surface area (Å²) in [5.41, 5.74) is 0. The monoisotopic (exact) mass is 183 g/mol. The van der Waals surface area contributed by atoms with Gasteiger partial charge in [0.25, 0.3) is 0 Å². The number of likely N-dealkylation sites (tertiary alicyclic amines) is 1. The van der Waals surface area contributed by atoms with E-state index in [1.165, 1.54) is 6.42 Å². The lowest BCUT2D eigenvalue weighted by molar-refractivity contribution is -0.136. The molecule has 0 aromatic carbocycles. The van der Waals surface area contributed by atoms with Gasteiger partial charge in [-0.2, -0.15) is 0 Å². The Kier molecular flexibility index (Phi) is 2.54. The number of fused-ring (bicyclic) bond motifs is 1. The summed E-state index contributed by atoms with van der Waals surface area (Å²) >= 11 is 0. The fourth-order valence-electron chi connectivity index (χ4n) is 2.37. The van der Waals surface area contributed by atoms with Crippen LogP contribution in [0, 0.1) is 5.92 Å². The first-order chi connectivity index (χ1) is 6.27.